The van der Waals surface area contributed by atoms with E-state index >= 15 is 0 Å². The van der Waals surface area contributed by atoms with Crippen molar-refractivity contribution in [3.63, 3.8) is 0 Å². The maximum Gasteiger partial charge on any atom is 0.0412 e. The Morgan fingerprint density at radius 3 is 2.47 bits per heavy atom. The molecule has 0 heterocycles. The highest BCUT2D eigenvalue weighted by atomic mass is 35.5. The van der Waals surface area contributed by atoms with Crippen LogP contribution in [-0.2, 0) is 0 Å². The van der Waals surface area contributed by atoms with Crippen LogP contribution in [0, 0.1) is 0 Å². The first-order valence-electron chi connectivity index (χ1n) is 5.53. The van der Waals surface area contributed by atoms with E-state index in [4.69, 9.17) is 17.3 Å². The number of hydrogen-bond donors (Lipinski definition) is 2. The fraction of sp³-hybridized carbons (Fsp3) is 0.500. The lowest BCUT2D eigenvalue weighted by molar-refractivity contribution is 0.404. The Kier molecular flexibility index (Phi) is 3.49. The fourth-order valence-corrected chi connectivity index (χ4v) is 2.22. The number of anilines is 1. The van der Waals surface area contributed by atoms with Gasteiger partial charge in [-0.25, -0.2) is 0 Å². The number of nitrogens with two attached hydrogens (primary N) is 1. The Bertz CT molecular complexity index is 310. The average Bonchev–Trinajstić information content (AvgIpc) is 2.25. The molecule has 1 aromatic carbocycles. The van der Waals surface area contributed by atoms with Gasteiger partial charge in [0.05, 0.1) is 0 Å². The molecule has 3 N–H and O–H groups in total. The molecule has 0 saturated heterocycles. The summed E-state index contributed by atoms with van der Waals surface area (Å²) >= 11 is 5.83. The summed E-state index contributed by atoms with van der Waals surface area (Å²) in [5, 5.41) is 4.25. The van der Waals surface area contributed by atoms with Gasteiger partial charge in [-0.05, 0) is 37.1 Å². The predicted molar refractivity (Wildman–Crippen MR) is 65.3 cm³/mol. The fourth-order valence-electron chi connectivity index (χ4n) is 2.10. The van der Waals surface area contributed by atoms with E-state index in [1.165, 1.54) is 19.3 Å². The van der Waals surface area contributed by atoms with Crippen LogP contribution in [-0.4, -0.2) is 12.1 Å². The normalized spacial score (nSPS) is 26.3. The van der Waals surface area contributed by atoms with E-state index in [2.05, 4.69) is 5.32 Å². The van der Waals surface area contributed by atoms with Crippen LogP contribution < -0.4 is 11.1 Å². The summed E-state index contributed by atoms with van der Waals surface area (Å²) in [7, 11) is 0. The summed E-state index contributed by atoms with van der Waals surface area (Å²) in [5.74, 6) is 0. The number of rotatable bonds is 2. The van der Waals surface area contributed by atoms with Crippen molar-refractivity contribution in [3.8, 4) is 0 Å². The van der Waals surface area contributed by atoms with Gasteiger partial charge >= 0.3 is 0 Å². The Labute approximate surface area is 95.8 Å². The number of benzene rings is 1. The van der Waals surface area contributed by atoms with Crippen molar-refractivity contribution in [2.24, 2.45) is 5.73 Å². The molecule has 0 radical (unpaired) electrons. The maximum absolute atomic E-state index is 6.07. The molecule has 0 amide bonds. The monoisotopic (exact) mass is 224 g/mol. The van der Waals surface area contributed by atoms with Gasteiger partial charge in [-0.2, -0.15) is 0 Å². The van der Waals surface area contributed by atoms with Crippen LogP contribution in [0.25, 0.3) is 0 Å². The van der Waals surface area contributed by atoms with Gasteiger partial charge < -0.3 is 11.1 Å². The molecular formula is C12H17ClN2. The number of nitrogens with one attached hydrogen (secondary N) is 1. The third-order valence-corrected chi connectivity index (χ3v) is 3.27. The molecular weight excluding hydrogens is 208 g/mol. The van der Waals surface area contributed by atoms with Gasteiger partial charge in [0.25, 0.3) is 0 Å². The lowest BCUT2D eigenvalue weighted by Crippen LogP contribution is -2.42. The molecule has 0 aromatic heterocycles. The van der Waals surface area contributed by atoms with Gasteiger partial charge in [0.15, 0.2) is 0 Å². The van der Waals surface area contributed by atoms with Crippen molar-refractivity contribution in [2.75, 3.05) is 5.32 Å². The number of hydrogen-bond acceptors (Lipinski definition) is 2. The standard InChI is InChI=1S/C12H17ClN2/c13-9-5-7-10(8-6-9)15-12-4-2-1-3-11(12)14/h5-8,11-12,15H,1-4,14H2/t11-,12-/m1/s1. The molecule has 0 bridgehead atoms. The van der Waals surface area contributed by atoms with Crippen molar-refractivity contribution in [3.05, 3.63) is 29.3 Å². The van der Waals surface area contributed by atoms with Crippen molar-refractivity contribution in [1.82, 2.24) is 0 Å². The highest BCUT2D eigenvalue weighted by Crippen LogP contribution is 2.21. The van der Waals surface area contributed by atoms with Gasteiger partial charge in [0.2, 0.25) is 0 Å². The molecule has 2 atom stereocenters. The summed E-state index contributed by atoms with van der Waals surface area (Å²) in [6.07, 6.45) is 4.84. The molecule has 0 unspecified atom stereocenters. The van der Waals surface area contributed by atoms with E-state index in [-0.39, 0.29) is 6.04 Å². The molecule has 3 heteroatoms. The minimum atomic E-state index is 0.287. The molecule has 82 valence electrons. The van der Waals surface area contributed by atoms with E-state index in [0.717, 1.165) is 17.1 Å². The molecule has 1 aliphatic carbocycles. The van der Waals surface area contributed by atoms with E-state index in [1.807, 2.05) is 24.3 Å². The van der Waals surface area contributed by atoms with E-state index in [9.17, 15) is 0 Å². The lowest BCUT2D eigenvalue weighted by Gasteiger charge is -2.30. The largest absolute Gasteiger partial charge is 0.381 e. The summed E-state index contributed by atoms with van der Waals surface area (Å²) in [6.45, 7) is 0. The highest BCUT2D eigenvalue weighted by Gasteiger charge is 2.21. The zero-order valence-electron chi connectivity index (χ0n) is 8.75. The summed E-state index contributed by atoms with van der Waals surface area (Å²) < 4.78 is 0. The minimum Gasteiger partial charge on any atom is -0.381 e. The van der Waals surface area contributed by atoms with Crippen molar-refractivity contribution in [1.29, 1.82) is 0 Å². The molecule has 1 aliphatic rings. The molecule has 1 saturated carbocycles. The SMILES string of the molecule is N[C@@H]1CCCC[C@H]1Nc1ccc(Cl)cc1. The summed E-state index contributed by atoms with van der Waals surface area (Å²) in [5.41, 5.74) is 7.18. The van der Waals surface area contributed by atoms with Crippen LogP contribution in [0.3, 0.4) is 0 Å². The third-order valence-electron chi connectivity index (χ3n) is 3.02. The first kappa shape index (κ1) is 10.8. The molecule has 0 aliphatic heterocycles. The van der Waals surface area contributed by atoms with Gasteiger partial charge in [0.1, 0.15) is 0 Å². The first-order chi connectivity index (χ1) is 7.25. The van der Waals surface area contributed by atoms with Gasteiger partial charge in [-0.3, -0.25) is 0 Å². The molecule has 2 nitrogen and oxygen atoms in total. The van der Waals surface area contributed by atoms with E-state index in [1.54, 1.807) is 0 Å². The quantitative estimate of drug-likeness (QED) is 0.811. The molecule has 1 fully saturated rings. The highest BCUT2D eigenvalue weighted by molar-refractivity contribution is 6.30. The second-order valence-electron chi connectivity index (χ2n) is 4.21. The van der Waals surface area contributed by atoms with Crippen molar-refractivity contribution >= 4 is 17.3 Å². The summed E-state index contributed by atoms with van der Waals surface area (Å²) in [6, 6.07) is 8.51. The van der Waals surface area contributed by atoms with Gasteiger partial charge in [0, 0.05) is 22.8 Å². The smallest absolute Gasteiger partial charge is 0.0412 e. The Balaban J connectivity index is 1.98. The molecule has 0 spiro atoms. The third kappa shape index (κ3) is 2.86. The minimum absolute atomic E-state index is 0.287. The van der Waals surface area contributed by atoms with Crippen LogP contribution in [0.4, 0.5) is 5.69 Å². The zero-order chi connectivity index (χ0) is 10.7. The second kappa shape index (κ2) is 4.86. The number of halogens is 1. The Morgan fingerprint density at radius 2 is 1.80 bits per heavy atom. The Hall–Kier alpha value is -0.730. The van der Waals surface area contributed by atoms with E-state index in [0.29, 0.717) is 6.04 Å². The second-order valence-corrected chi connectivity index (χ2v) is 4.64. The van der Waals surface area contributed by atoms with Crippen molar-refractivity contribution < 1.29 is 0 Å². The molecule has 2 rings (SSSR count). The first-order valence-corrected chi connectivity index (χ1v) is 5.91. The van der Waals surface area contributed by atoms with Crippen LogP contribution in [0.5, 0.6) is 0 Å². The lowest BCUT2D eigenvalue weighted by atomic mass is 9.91. The average molecular weight is 225 g/mol. The van der Waals surface area contributed by atoms with Gasteiger partial charge in [-0.15, -0.1) is 0 Å². The van der Waals surface area contributed by atoms with Crippen LogP contribution >= 0.6 is 11.6 Å². The molecule has 1 aromatic rings. The predicted octanol–water partition coefficient (Wildman–Crippen LogP) is 3.02. The van der Waals surface area contributed by atoms with Crippen molar-refractivity contribution in [2.45, 2.75) is 37.8 Å². The van der Waals surface area contributed by atoms with Crippen LogP contribution in [0.15, 0.2) is 24.3 Å². The van der Waals surface area contributed by atoms with E-state index < -0.39 is 0 Å². The zero-order valence-corrected chi connectivity index (χ0v) is 9.50. The Morgan fingerprint density at radius 1 is 1.13 bits per heavy atom. The van der Waals surface area contributed by atoms with Gasteiger partial charge in [-0.1, -0.05) is 24.4 Å². The van der Waals surface area contributed by atoms with Crippen LogP contribution in [0.1, 0.15) is 25.7 Å². The summed E-state index contributed by atoms with van der Waals surface area (Å²) in [4.78, 5) is 0. The van der Waals surface area contributed by atoms with Crippen LogP contribution in [0.2, 0.25) is 5.02 Å². The maximum atomic E-state index is 6.07. The molecule has 15 heavy (non-hydrogen) atoms. The topological polar surface area (TPSA) is 38.0 Å².